The van der Waals surface area contributed by atoms with Gasteiger partial charge in [-0.3, -0.25) is 9.69 Å². The third-order valence-corrected chi connectivity index (χ3v) is 7.83. The highest BCUT2D eigenvalue weighted by Gasteiger charge is 2.40. The van der Waals surface area contributed by atoms with Gasteiger partial charge in [0.05, 0.1) is 13.2 Å². The van der Waals surface area contributed by atoms with E-state index in [1.807, 2.05) is 11.0 Å². The van der Waals surface area contributed by atoms with Crippen LogP contribution in [0.4, 0.5) is 0 Å². The number of ether oxygens (including phenoxy) is 1. The van der Waals surface area contributed by atoms with Crippen molar-refractivity contribution in [2.75, 3.05) is 20.2 Å². The molecule has 5 rings (SSSR count). The van der Waals surface area contributed by atoms with Gasteiger partial charge in [-0.15, -0.1) is 0 Å². The molecule has 0 aliphatic carbocycles. The highest BCUT2D eigenvalue weighted by Crippen LogP contribution is 2.43. The van der Waals surface area contributed by atoms with Gasteiger partial charge in [-0.2, -0.15) is 0 Å². The van der Waals surface area contributed by atoms with E-state index in [-0.39, 0.29) is 11.9 Å². The Bertz CT molecular complexity index is 905. The average Bonchev–Trinajstić information content (AvgIpc) is 3.12. The third kappa shape index (κ3) is 4.30. The lowest BCUT2D eigenvalue weighted by Crippen LogP contribution is -2.38. The van der Waals surface area contributed by atoms with E-state index >= 15 is 0 Å². The molecule has 0 radical (unpaired) electrons. The fraction of sp³-hybridized carbons (Fsp3) is 0.536. The van der Waals surface area contributed by atoms with Crippen LogP contribution in [-0.2, 0) is 0 Å². The molecule has 170 valence electrons. The number of carbonyl (C=O) groups excluding carboxylic acids is 1. The molecule has 0 N–H and O–H groups in total. The Morgan fingerprint density at radius 2 is 1.53 bits per heavy atom. The smallest absolute Gasteiger partial charge is 0.253 e. The van der Waals surface area contributed by atoms with Crippen LogP contribution in [0, 0.1) is 0 Å². The summed E-state index contributed by atoms with van der Waals surface area (Å²) in [6, 6.07) is 18.6. The van der Waals surface area contributed by atoms with E-state index in [4.69, 9.17) is 4.74 Å². The zero-order valence-electron chi connectivity index (χ0n) is 19.3. The summed E-state index contributed by atoms with van der Waals surface area (Å²) in [4.78, 5) is 17.8. The monoisotopic (exact) mass is 432 g/mol. The van der Waals surface area contributed by atoms with Gasteiger partial charge in [0, 0.05) is 30.7 Å². The van der Waals surface area contributed by atoms with Crippen LogP contribution in [0.5, 0.6) is 5.75 Å². The Balaban J connectivity index is 1.48. The second-order valence-corrected chi connectivity index (χ2v) is 9.77. The lowest BCUT2D eigenvalue weighted by atomic mass is 9.94. The van der Waals surface area contributed by atoms with Crippen molar-refractivity contribution < 1.29 is 9.53 Å². The van der Waals surface area contributed by atoms with Crippen molar-refractivity contribution >= 4 is 5.91 Å². The molecule has 1 amide bonds. The molecule has 2 aromatic carbocycles. The number of amides is 1. The Kier molecular flexibility index (Phi) is 6.49. The fourth-order valence-corrected chi connectivity index (χ4v) is 6.19. The number of likely N-dealkylation sites (tertiary alicyclic amines) is 1. The van der Waals surface area contributed by atoms with Gasteiger partial charge in [0.2, 0.25) is 0 Å². The topological polar surface area (TPSA) is 32.8 Å². The molecule has 3 aliphatic rings. The Morgan fingerprint density at radius 1 is 0.844 bits per heavy atom. The van der Waals surface area contributed by atoms with E-state index in [2.05, 4.69) is 47.4 Å². The number of hydrogen-bond acceptors (Lipinski definition) is 3. The Labute approximate surface area is 192 Å². The van der Waals surface area contributed by atoms with E-state index in [1.165, 1.54) is 56.1 Å². The van der Waals surface area contributed by atoms with Crippen molar-refractivity contribution in [2.45, 2.75) is 75.9 Å². The summed E-state index contributed by atoms with van der Waals surface area (Å²) in [5.74, 6) is 1.09. The number of carbonyl (C=O) groups is 1. The van der Waals surface area contributed by atoms with Crippen LogP contribution in [0.1, 0.15) is 85.3 Å². The second kappa shape index (κ2) is 9.66. The first-order valence-electron chi connectivity index (χ1n) is 12.6. The summed E-state index contributed by atoms with van der Waals surface area (Å²) in [6.45, 7) is 1.79. The Morgan fingerprint density at radius 3 is 2.19 bits per heavy atom. The predicted molar refractivity (Wildman–Crippen MR) is 128 cm³/mol. The summed E-state index contributed by atoms with van der Waals surface area (Å²) >= 11 is 0. The number of piperidine rings is 1. The summed E-state index contributed by atoms with van der Waals surface area (Å²) < 4.78 is 5.57. The first-order valence-corrected chi connectivity index (χ1v) is 12.6. The van der Waals surface area contributed by atoms with E-state index in [1.54, 1.807) is 7.11 Å². The number of rotatable bonds is 5. The largest absolute Gasteiger partial charge is 0.497 e. The zero-order chi connectivity index (χ0) is 21.9. The van der Waals surface area contributed by atoms with Crippen molar-refractivity contribution in [3.63, 3.8) is 0 Å². The van der Waals surface area contributed by atoms with Crippen LogP contribution in [0.3, 0.4) is 0 Å². The molecule has 32 heavy (non-hydrogen) atoms. The van der Waals surface area contributed by atoms with Crippen LogP contribution in [0.25, 0.3) is 0 Å². The van der Waals surface area contributed by atoms with E-state index < -0.39 is 0 Å². The van der Waals surface area contributed by atoms with E-state index in [0.29, 0.717) is 12.1 Å². The quantitative estimate of drug-likeness (QED) is 0.597. The minimum absolute atomic E-state index is 0.184. The van der Waals surface area contributed by atoms with Gasteiger partial charge in [-0.1, -0.05) is 37.1 Å². The van der Waals surface area contributed by atoms with Crippen molar-refractivity contribution in [3.8, 4) is 5.75 Å². The highest BCUT2D eigenvalue weighted by atomic mass is 16.5. The zero-order valence-corrected chi connectivity index (χ0v) is 19.3. The van der Waals surface area contributed by atoms with E-state index in [9.17, 15) is 4.79 Å². The maximum absolute atomic E-state index is 13.0. The van der Waals surface area contributed by atoms with Crippen molar-refractivity contribution in [1.82, 2.24) is 9.80 Å². The first kappa shape index (κ1) is 21.5. The van der Waals surface area contributed by atoms with Crippen molar-refractivity contribution in [3.05, 3.63) is 65.2 Å². The van der Waals surface area contributed by atoms with Gasteiger partial charge >= 0.3 is 0 Å². The number of nitrogens with zero attached hydrogens (tertiary/aromatic N) is 2. The Hall–Kier alpha value is -2.33. The highest BCUT2D eigenvalue weighted by molar-refractivity contribution is 5.94. The van der Waals surface area contributed by atoms with Gasteiger partial charge in [0.1, 0.15) is 5.75 Å². The van der Waals surface area contributed by atoms with Crippen LogP contribution in [-0.4, -0.2) is 48.0 Å². The van der Waals surface area contributed by atoms with Crippen LogP contribution < -0.4 is 4.74 Å². The number of hydrogen-bond donors (Lipinski definition) is 0. The first-order chi connectivity index (χ1) is 15.7. The molecule has 3 heterocycles. The van der Waals surface area contributed by atoms with Gasteiger partial charge in [-0.25, -0.2) is 0 Å². The van der Waals surface area contributed by atoms with Crippen molar-refractivity contribution in [2.24, 2.45) is 0 Å². The van der Waals surface area contributed by atoms with Gasteiger partial charge in [-0.05, 0) is 80.3 Å². The molecule has 0 saturated carbocycles. The molecular weight excluding hydrogens is 396 g/mol. The summed E-state index contributed by atoms with van der Waals surface area (Å²) in [5, 5.41) is 0. The lowest BCUT2D eigenvalue weighted by molar-refractivity contribution is 0.0724. The molecule has 2 aromatic rings. The molecule has 2 bridgehead atoms. The molecule has 0 spiro atoms. The minimum Gasteiger partial charge on any atom is -0.497 e. The molecule has 3 fully saturated rings. The summed E-state index contributed by atoms with van der Waals surface area (Å²) in [6.07, 6.45) is 11.4. The van der Waals surface area contributed by atoms with Crippen LogP contribution in [0.15, 0.2) is 48.5 Å². The summed E-state index contributed by atoms with van der Waals surface area (Å²) in [7, 11) is 1.74. The molecule has 0 aromatic heterocycles. The molecule has 3 saturated heterocycles. The van der Waals surface area contributed by atoms with Gasteiger partial charge in [0.25, 0.3) is 5.91 Å². The minimum atomic E-state index is 0.184. The molecule has 3 aliphatic heterocycles. The van der Waals surface area contributed by atoms with Crippen molar-refractivity contribution in [1.29, 1.82) is 0 Å². The molecule has 4 heteroatoms. The van der Waals surface area contributed by atoms with Crippen LogP contribution >= 0.6 is 0 Å². The van der Waals surface area contributed by atoms with Gasteiger partial charge in [0.15, 0.2) is 0 Å². The number of benzene rings is 2. The molecular formula is C28H36N2O2. The van der Waals surface area contributed by atoms with Gasteiger partial charge < -0.3 is 9.64 Å². The molecule has 3 atom stereocenters. The number of methoxy groups -OCH3 is 1. The maximum atomic E-state index is 13.0. The maximum Gasteiger partial charge on any atom is 0.253 e. The fourth-order valence-electron chi connectivity index (χ4n) is 6.19. The second-order valence-electron chi connectivity index (χ2n) is 9.77. The lowest BCUT2D eigenvalue weighted by Gasteiger charge is -2.37. The standard InChI is InChI=1S/C28H36N2O2/c1-32-26-11-7-8-23(20-26)27(30-24-9-3-4-10-25(30)17-16-24)21-12-14-22(15-13-21)28(31)29-18-5-2-6-19-29/h7-8,11-15,20,24-25,27H,2-6,9-10,16-19H2,1H3. The normalized spacial score (nSPS) is 24.7. The number of fused-ring (bicyclic) bond motifs is 2. The van der Waals surface area contributed by atoms with Crippen LogP contribution in [0.2, 0.25) is 0 Å². The summed E-state index contributed by atoms with van der Waals surface area (Å²) in [5.41, 5.74) is 3.39. The average molecular weight is 433 g/mol. The van der Waals surface area contributed by atoms with E-state index in [0.717, 1.165) is 37.2 Å². The predicted octanol–water partition coefficient (Wildman–Crippen LogP) is 5.82. The molecule has 3 unspecified atom stereocenters. The molecule has 4 nitrogen and oxygen atoms in total. The SMILES string of the molecule is COc1cccc(C(c2ccc(C(=O)N3CCCCC3)cc2)N2C3CCCCC2CC3)c1. The third-order valence-electron chi connectivity index (χ3n) is 7.83.